The number of nitrogens with one attached hydrogen (secondary N) is 1. The molecule has 0 saturated heterocycles. The zero-order valence-corrected chi connectivity index (χ0v) is 12.5. The van der Waals surface area contributed by atoms with Crippen molar-refractivity contribution in [2.45, 2.75) is 38.6 Å². The molecular formula is C17H25N3. The summed E-state index contributed by atoms with van der Waals surface area (Å²) in [6.07, 6.45) is 8.33. The fourth-order valence-corrected chi connectivity index (χ4v) is 2.42. The Morgan fingerprint density at radius 3 is 2.70 bits per heavy atom. The van der Waals surface area contributed by atoms with E-state index in [0.29, 0.717) is 6.04 Å². The summed E-state index contributed by atoms with van der Waals surface area (Å²) >= 11 is 0. The van der Waals surface area contributed by atoms with Gasteiger partial charge in [0.05, 0.1) is 0 Å². The van der Waals surface area contributed by atoms with Gasteiger partial charge in [-0.25, -0.2) is 4.98 Å². The van der Waals surface area contributed by atoms with Gasteiger partial charge in [-0.3, -0.25) is 0 Å². The van der Waals surface area contributed by atoms with Crippen LogP contribution in [-0.4, -0.2) is 22.1 Å². The Kier molecular flexibility index (Phi) is 5.81. The molecule has 0 aliphatic heterocycles. The first-order valence-corrected chi connectivity index (χ1v) is 7.53. The van der Waals surface area contributed by atoms with Crippen molar-refractivity contribution in [1.29, 1.82) is 0 Å². The molecule has 1 heterocycles. The van der Waals surface area contributed by atoms with Gasteiger partial charge in [0.2, 0.25) is 0 Å². The van der Waals surface area contributed by atoms with Crippen LogP contribution in [0.2, 0.25) is 0 Å². The zero-order chi connectivity index (χ0) is 14.2. The van der Waals surface area contributed by atoms with E-state index in [4.69, 9.17) is 0 Å². The maximum atomic E-state index is 4.44. The third-order valence-corrected chi connectivity index (χ3v) is 3.66. The van der Waals surface area contributed by atoms with Crippen LogP contribution < -0.4 is 5.32 Å². The highest BCUT2D eigenvalue weighted by Crippen LogP contribution is 2.09. The molecule has 1 N–H and O–H groups in total. The van der Waals surface area contributed by atoms with Crippen LogP contribution >= 0.6 is 0 Å². The van der Waals surface area contributed by atoms with E-state index in [-0.39, 0.29) is 0 Å². The minimum absolute atomic E-state index is 0.497. The first-order valence-electron chi connectivity index (χ1n) is 7.53. The molecule has 0 radical (unpaired) electrons. The monoisotopic (exact) mass is 271 g/mol. The first-order chi connectivity index (χ1) is 9.79. The molecule has 0 spiro atoms. The van der Waals surface area contributed by atoms with Crippen molar-refractivity contribution >= 4 is 0 Å². The molecule has 108 valence electrons. The fourth-order valence-electron chi connectivity index (χ4n) is 2.42. The molecule has 3 nitrogen and oxygen atoms in total. The molecule has 0 bridgehead atoms. The second-order valence-electron chi connectivity index (χ2n) is 5.33. The molecule has 0 saturated carbocycles. The summed E-state index contributed by atoms with van der Waals surface area (Å²) in [5.41, 5.74) is 1.41. The molecule has 2 aromatic rings. The van der Waals surface area contributed by atoms with Gasteiger partial charge in [-0.15, -0.1) is 0 Å². The van der Waals surface area contributed by atoms with Gasteiger partial charge in [-0.05, 0) is 31.4 Å². The Morgan fingerprint density at radius 2 is 2.05 bits per heavy atom. The van der Waals surface area contributed by atoms with E-state index >= 15 is 0 Å². The molecule has 0 aliphatic rings. The zero-order valence-electron chi connectivity index (χ0n) is 12.5. The Bertz CT molecular complexity index is 490. The summed E-state index contributed by atoms with van der Waals surface area (Å²) in [6.45, 7) is 3.28. The van der Waals surface area contributed by atoms with E-state index in [2.05, 4.69) is 59.2 Å². The molecule has 0 amide bonds. The van der Waals surface area contributed by atoms with Crippen LogP contribution in [0, 0.1) is 0 Å². The highest BCUT2D eigenvalue weighted by atomic mass is 15.0. The lowest BCUT2D eigenvalue weighted by molar-refractivity contribution is 0.464. The van der Waals surface area contributed by atoms with Gasteiger partial charge < -0.3 is 9.88 Å². The highest BCUT2D eigenvalue weighted by Gasteiger charge is 2.11. The summed E-state index contributed by atoms with van der Waals surface area (Å²) in [4.78, 5) is 4.44. The summed E-state index contributed by atoms with van der Waals surface area (Å²) in [5.74, 6) is 1.16. The van der Waals surface area contributed by atoms with Gasteiger partial charge in [0.1, 0.15) is 5.82 Å². The molecule has 1 aromatic carbocycles. The van der Waals surface area contributed by atoms with Gasteiger partial charge in [0.25, 0.3) is 0 Å². The standard InChI is InChI=1S/C17H25N3/c1-3-11-18-16(14-17-19-12-13-20(17)2)10-9-15-7-5-4-6-8-15/h4-8,12-13,16,18H,3,9-11,14H2,1-2H3. The predicted octanol–water partition coefficient (Wildman–Crippen LogP) is 2.96. The smallest absolute Gasteiger partial charge is 0.109 e. The Hall–Kier alpha value is -1.61. The van der Waals surface area contributed by atoms with Crippen molar-refractivity contribution in [3.63, 3.8) is 0 Å². The molecule has 1 unspecified atom stereocenters. The lowest BCUT2D eigenvalue weighted by Crippen LogP contribution is -2.33. The third-order valence-electron chi connectivity index (χ3n) is 3.66. The number of hydrogen-bond donors (Lipinski definition) is 1. The number of hydrogen-bond acceptors (Lipinski definition) is 2. The normalized spacial score (nSPS) is 12.5. The van der Waals surface area contributed by atoms with E-state index < -0.39 is 0 Å². The lowest BCUT2D eigenvalue weighted by Gasteiger charge is -2.18. The second-order valence-corrected chi connectivity index (χ2v) is 5.33. The topological polar surface area (TPSA) is 29.9 Å². The number of benzene rings is 1. The first kappa shape index (κ1) is 14.8. The minimum atomic E-state index is 0.497. The predicted molar refractivity (Wildman–Crippen MR) is 83.8 cm³/mol. The van der Waals surface area contributed by atoms with Crippen molar-refractivity contribution in [2.24, 2.45) is 7.05 Å². The summed E-state index contributed by atoms with van der Waals surface area (Å²) in [7, 11) is 2.07. The van der Waals surface area contributed by atoms with E-state index in [1.165, 1.54) is 12.0 Å². The Morgan fingerprint density at radius 1 is 1.25 bits per heavy atom. The Labute approximate surface area is 122 Å². The molecule has 2 rings (SSSR count). The molecular weight excluding hydrogens is 246 g/mol. The van der Waals surface area contributed by atoms with E-state index in [1.807, 2.05) is 12.4 Å². The van der Waals surface area contributed by atoms with Gasteiger partial charge in [-0.1, -0.05) is 37.3 Å². The molecule has 1 aromatic heterocycles. The number of rotatable bonds is 8. The van der Waals surface area contributed by atoms with E-state index in [0.717, 1.165) is 31.6 Å². The van der Waals surface area contributed by atoms with Crippen LogP contribution in [0.15, 0.2) is 42.7 Å². The average Bonchev–Trinajstić information content (AvgIpc) is 2.88. The maximum Gasteiger partial charge on any atom is 0.109 e. The lowest BCUT2D eigenvalue weighted by atomic mass is 10.0. The van der Waals surface area contributed by atoms with Crippen molar-refractivity contribution < 1.29 is 0 Å². The van der Waals surface area contributed by atoms with Crippen LogP contribution in [0.25, 0.3) is 0 Å². The van der Waals surface area contributed by atoms with Crippen molar-refractivity contribution in [2.75, 3.05) is 6.54 Å². The fraction of sp³-hybridized carbons (Fsp3) is 0.471. The van der Waals surface area contributed by atoms with Crippen LogP contribution in [0.4, 0.5) is 0 Å². The van der Waals surface area contributed by atoms with E-state index in [1.54, 1.807) is 0 Å². The van der Waals surface area contributed by atoms with Gasteiger partial charge in [0, 0.05) is 31.9 Å². The number of imidazole rings is 1. The minimum Gasteiger partial charge on any atom is -0.338 e. The SMILES string of the molecule is CCCNC(CCc1ccccc1)Cc1nccn1C. The Balaban J connectivity index is 1.91. The molecule has 20 heavy (non-hydrogen) atoms. The van der Waals surface area contributed by atoms with Gasteiger partial charge >= 0.3 is 0 Å². The van der Waals surface area contributed by atoms with Crippen LogP contribution in [0.3, 0.4) is 0 Å². The molecule has 3 heteroatoms. The van der Waals surface area contributed by atoms with E-state index in [9.17, 15) is 0 Å². The summed E-state index contributed by atoms with van der Waals surface area (Å²) in [5, 5.41) is 3.65. The number of aryl methyl sites for hydroxylation is 2. The second kappa shape index (κ2) is 7.85. The largest absolute Gasteiger partial charge is 0.338 e. The van der Waals surface area contributed by atoms with Crippen LogP contribution in [-0.2, 0) is 19.9 Å². The van der Waals surface area contributed by atoms with Gasteiger partial charge in [-0.2, -0.15) is 0 Å². The summed E-state index contributed by atoms with van der Waals surface area (Å²) in [6, 6.07) is 11.2. The molecule has 1 atom stereocenters. The number of nitrogens with zero attached hydrogens (tertiary/aromatic N) is 2. The average molecular weight is 271 g/mol. The highest BCUT2D eigenvalue weighted by molar-refractivity contribution is 5.15. The van der Waals surface area contributed by atoms with Crippen LogP contribution in [0.5, 0.6) is 0 Å². The summed E-state index contributed by atoms with van der Waals surface area (Å²) < 4.78 is 2.11. The third kappa shape index (κ3) is 4.49. The quantitative estimate of drug-likeness (QED) is 0.800. The maximum absolute atomic E-state index is 4.44. The van der Waals surface area contributed by atoms with Crippen molar-refractivity contribution in [3.8, 4) is 0 Å². The molecule has 0 fully saturated rings. The van der Waals surface area contributed by atoms with Crippen molar-refractivity contribution in [1.82, 2.24) is 14.9 Å². The van der Waals surface area contributed by atoms with Crippen LogP contribution in [0.1, 0.15) is 31.2 Å². The molecule has 0 aliphatic carbocycles. The number of aromatic nitrogens is 2. The van der Waals surface area contributed by atoms with Crippen molar-refractivity contribution in [3.05, 3.63) is 54.1 Å². The van der Waals surface area contributed by atoms with Gasteiger partial charge in [0.15, 0.2) is 0 Å².